The molecule has 110 valence electrons. The molecule has 0 saturated heterocycles. The van der Waals surface area contributed by atoms with Crippen molar-refractivity contribution in [1.82, 2.24) is 9.97 Å². The van der Waals surface area contributed by atoms with Crippen molar-refractivity contribution in [2.24, 2.45) is 5.73 Å². The Balaban J connectivity index is 2.06. The van der Waals surface area contributed by atoms with Gasteiger partial charge in [0.1, 0.15) is 5.75 Å². The van der Waals surface area contributed by atoms with E-state index in [9.17, 15) is 0 Å². The lowest BCUT2D eigenvalue weighted by molar-refractivity contribution is 0.416. The van der Waals surface area contributed by atoms with E-state index in [0.717, 1.165) is 42.5 Å². The Bertz CT molecular complexity index is 660. The topological polar surface area (TPSA) is 61.0 Å². The number of hydrogen-bond acceptors (Lipinski definition) is 4. The zero-order valence-corrected chi connectivity index (χ0v) is 12.7. The predicted molar refractivity (Wildman–Crippen MR) is 83.5 cm³/mol. The Morgan fingerprint density at radius 1 is 1.33 bits per heavy atom. The second-order valence-corrected chi connectivity index (χ2v) is 5.73. The summed E-state index contributed by atoms with van der Waals surface area (Å²) in [7, 11) is 1.62. The molecule has 2 aromatic rings. The third kappa shape index (κ3) is 2.87. The lowest BCUT2D eigenvalue weighted by atomic mass is 10.1. The van der Waals surface area contributed by atoms with Gasteiger partial charge in [-0.25, -0.2) is 9.97 Å². The third-order valence-corrected chi connectivity index (χ3v) is 4.12. The molecule has 0 saturated carbocycles. The van der Waals surface area contributed by atoms with Crippen molar-refractivity contribution in [1.29, 1.82) is 0 Å². The van der Waals surface area contributed by atoms with Gasteiger partial charge in [-0.15, -0.1) is 0 Å². The quantitative estimate of drug-likeness (QED) is 0.862. The van der Waals surface area contributed by atoms with Gasteiger partial charge in [0.25, 0.3) is 0 Å². The molecule has 21 heavy (non-hydrogen) atoms. The Morgan fingerprint density at radius 2 is 2.19 bits per heavy atom. The fourth-order valence-corrected chi connectivity index (χ4v) is 2.89. The lowest BCUT2D eigenvalue weighted by Crippen LogP contribution is -2.12. The van der Waals surface area contributed by atoms with Crippen LogP contribution in [0.4, 0.5) is 0 Å². The highest BCUT2D eigenvalue weighted by atomic mass is 35.5. The van der Waals surface area contributed by atoms with Gasteiger partial charge in [0.15, 0.2) is 5.82 Å². The van der Waals surface area contributed by atoms with Crippen LogP contribution in [0.2, 0.25) is 5.02 Å². The highest BCUT2D eigenvalue weighted by molar-refractivity contribution is 6.30. The van der Waals surface area contributed by atoms with Crippen LogP contribution in [0.25, 0.3) is 11.4 Å². The molecule has 0 radical (unpaired) electrons. The molecule has 1 unspecified atom stereocenters. The Kier molecular flexibility index (Phi) is 4.08. The van der Waals surface area contributed by atoms with E-state index < -0.39 is 0 Å². The van der Waals surface area contributed by atoms with Gasteiger partial charge >= 0.3 is 0 Å². The number of methoxy groups -OCH3 is 1. The van der Waals surface area contributed by atoms with Crippen LogP contribution in [0, 0.1) is 0 Å². The molecular weight excluding hydrogens is 286 g/mol. The number of rotatable bonds is 2. The first-order valence-electron chi connectivity index (χ1n) is 7.14. The van der Waals surface area contributed by atoms with E-state index in [2.05, 4.69) is 4.98 Å². The van der Waals surface area contributed by atoms with E-state index >= 15 is 0 Å². The van der Waals surface area contributed by atoms with Crippen LogP contribution in [0.1, 0.15) is 36.6 Å². The molecule has 0 fully saturated rings. The van der Waals surface area contributed by atoms with Crippen LogP contribution in [0.15, 0.2) is 24.4 Å². The number of aryl methyl sites for hydroxylation is 1. The minimum atomic E-state index is 0.0451. The maximum absolute atomic E-state index is 6.19. The smallest absolute Gasteiger partial charge is 0.163 e. The van der Waals surface area contributed by atoms with Gasteiger partial charge in [0.05, 0.1) is 12.7 Å². The number of aromatic nitrogens is 2. The minimum Gasteiger partial charge on any atom is -0.496 e. The van der Waals surface area contributed by atoms with E-state index in [0.29, 0.717) is 16.6 Å². The van der Waals surface area contributed by atoms with Crippen molar-refractivity contribution in [3.63, 3.8) is 0 Å². The zero-order valence-electron chi connectivity index (χ0n) is 12.0. The van der Waals surface area contributed by atoms with Crippen molar-refractivity contribution in [3.8, 4) is 17.1 Å². The zero-order chi connectivity index (χ0) is 14.8. The van der Waals surface area contributed by atoms with E-state index in [1.807, 2.05) is 18.3 Å². The molecule has 0 bridgehead atoms. The molecule has 0 aliphatic heterocycles. The maximum Gasteiger partial charge on any atom is 0.163 e. The van der Waals surface area contributed by atoms with E-state index in [1.165, 1.54) is 0 Å². The van der Waals surface area contributed by atoms with Crippen LogP contribution in [0.5, 0.6) is 5.75 Å². The average Bonchev–Trinajstić information content (AvgIpc) is 2.68. The summed E-state index contributed by atoms with van der Waals surface area (Å²) in [6, 6.07) is 5.53. The molecule has 3 rings (SSSR count). The maximum atomic E-state index is 6.19. The highest BCUT2D eigenvalue weighted by Crippen LogP contribution is 2.32. The number of halogens is 1. The summed E-state index contributed by atoms with van der Waals surface area (Å²) in [5.41, 5.74) is 9.17. The van der Waals surface area contributed by atoms with E-state index in [1.54, 1.807) is 13.2 Å². The fourth-order valence-electron chi connectivity index (χ4n) is 2.73. The summed E-state index contributed by atoms with van der Waals surface area (Å²) >= 11 is 6.00. The number of ether oxygens (including phenoxy) is 1. The minimum absolute atomic E-state index is 0.0451. The summed E-state index contributed by atoms with van der Waals surface area (Å²) in [4.78, 5) is 9.20. The van der Waals surface area contributed by atoms with Crippen molar-refractivity contribution in [2.75, 3.05) is 7.11 Å². The van der Waals surface area contributed by atoms with Crippen LogP contribution in [0.3, 0.4) is 0 Å². The molecule has 4 nitrogen and oxygen atoms in total. The van der Waals surface area contributed by atoms with Gasteiger partial charge in [-0.2, -0.15) is 0 Å². The van der Waals surface area contributed by atoms with Crippen molar-refractivity contribution in [2.45, 2.75) is 31.7 Å². The molecule has 1 atom stereocenters. The fraction of sp³-hybridized carbons (Fsp3) is 0.375. The van der Waals surface area contributed by atoms with Gasteiger partial charge in [0, 0.05) is 28.5 Å². The van der Waals surface area contributed by atoms with Gasteiger partial charge < -0.3 is 10.5 Å². The van der Waals surface area contributed by atoms with E-state index in [4.69, 9.17) is 27.1 Å². The normalized spacial score (nSPS) is 18.0. The van der Waals surface area contributed by atoms with E-state index in [-0.39, 0.29) is 6.04 Å². The number of fused-ring (bicyclic) bond motifs is 1. The summed E-state index contributed by atoms with van der Waals surface area (Å²) in [6.07, 6.45) is 6.07. The first-order chi connectivity index (χ1) is 10.2. The van der Waals surface area contributed by atoms with Crippen LogP contribution >= 0.6 is 11.6 Å². The first kappa shape index (κ1) is 14.3. The van der Waals surface area contributed by atoms with Crippen LogP contribution in [-0.4, -0.2) is 17.1 Å². The second-order valence-electron chi connectivity index (χ2n) is 5.29. The largest absolute Gasteiger partial charge is 0.496 e. The van der Waals surface area contributed by atoms with Gasteiger partial charge in [-0.1, -0.05) is 18.0 Å². The Morgan fingerprint density at radius 3 is 3.00 bits per heavy atom. The molecule has 1 aliphatic carbocycles. The summed E-state index contributed by atoms with van der Waals surface area (Å²) < 4.78 is 5.38. The number of hydrogen-bond donors (Lipinski definition) is 1. The van der Waals surface area contributed by atoms with Crippen molar-refractivity contribution < 1.29 is 4.74 Å². The Labute approximate surface area is 129 Å². The predicted octanol–water partition coefficient (Wildman–Crippen LogP) is 3.53. The summed E-state index contributed by atoms with van der Waals surface area (Å²) in [5, 5.41) is 0.632. The van der Waals surface area contributed by atoms with Gasteiger partial charge in [-0.05, 0) is 37.5 Å². The third-order valence-electron chi connectivity index (χ3n) is 3.88. The van der Waals surface area contributed by atoms with Crippen LogP contribution < -0.4 is 10.5 Å². The number of nitrogens with zero attached hydrogens (tertiary/aromatic N) is 2. The molecule has 0 spiro atoms. The van der Waals surface area contributed by atoms with Gasteiger partial charge in [0.2, 0.25) is 0 Å². The molecule has 5 heteroatoms. The molecular formula is C16H18ClN3O. The van der Waals surface area contributed by atoms with Crippen LogP contribution in [-0.2, 0) is 6.42 Å². The first-order valence-corrected chi connectivity index (χ1v) is 7.52. The monoisotopic (exact) mass is 303 g/mol. The highest BCUT2D eigenvalue weighted by Gasteiger charge is 2.19. The molecule has 0 amide bonds. The molecule has 2 N–H and O–H groups in total. The average molecular weight is 304 g/mol. The number of benzene rings is 1. The van der Waals surface area contributed by atoms with Crippen molar-refractivity contribution in [3.05, 3.63) is 40.7 Å². The standard InChI is InChI=1S/C16H18ClN3O/c1-21-15-8-10(17)6-7-11(15)16-19-9-12-13(18)4-2-3-5-14(12)20-16/h6-9,13H,2-5,18H2,1H3. The second kappa shape index (κ2) is 6.00. The van der Waals surface area contributed by atoms with Gasteiger partial charge in [-0.3, -0.25) is 0 Å². The Hall–Kier alpha value is -1.65. The molecule has 1 heterocycles. The SMILES string of the molecule is COc1cc(Cl)ccc1-c1ncc2c(n1)CCCCC2N. The molecule has 1 aliphatic rings. The summed E-state index contributed by atoms with van der Waals surface area (Å²) in [5.74, 6) is 1.34. The van der Waals surface area contributed by atoms with Crippen molar-refractivity contribution >= 4 is 11.6 Å². The molecule has 1 aromatic carbocycles. The molecule has 1 aromatic heterocycles. The lowest BCUT2D eigenvalue weighted by Gasteiger charge is -2.13. The number of nitrogens with two attached hydrogens (primary N) is 1. The summed E-state index contributed by atoms with van der Waals surface area (Å²) in [6.45, 7) is 0.